The lowest BCUT2D eigenvalue weighted by Crippen LogP contribution is -2.38. The van der Waals surface area contributed by atoms with Crippen molar-refractivity contribution in [3.05, 3.63) is 6.33 Å². The van der Waals surface area contributed by atoms with E-state index < -0.39 is 24.4 Å². The molecule has 120 valence electrons. The molecule has 0 bridgehead atoms. The molecule has 10 heteroatoms. The Balaban J connectivity index is 2.13. The Labute approximate surface area is 123 Å². The number of aromatic nitrogens is 4. The molecule has 8 nitrogen and oxygen atoms in total. The molecule has 2 aromatic heterocycles. The third kappa shape index (κ3) is 2.06. The fourth-order valence-corrected chi connectivity index (χ4v) is 2.39. The van der Waals surface area contributed by atoms with Gasteiger partial charge < -0.3 is 20.3 Å². The molecule has 0 aliphatic carbocycles. The summed E-state index contributed by atoms with van der Waals surface area (Å²) in [6.07, 6.45) is -4.29. The van der Waals surface area contributed by atoms with Crippen LogP contribution < -0.4 is 10.5 Å². The lowest BCUT2D eigenvalue weighted by atomic mass is 10.0. The topological polar surface area (TPSA) is 108 Å². The zero-order valence-corrected chi connectivity index (χ0v) is 11.9. The Morgan fingerprint density at radius 1 is 1.55 bits per heavy atom. The van der Waals surface area contributed by atoms with E-state index in [0.29, 0.717) is 6.61 Å². The Morgan fingerprint density at radius 2 is 2.27 bits per heavy atom. The fourth-order valence-electron chi connectivity index (χ4n) is 2.39. The largest absolute Gasteiger partial charge is 0.476 e. The van der Waals surface area contributed by atoms with E-state index in [9.17, 15) is 13.9 Å². The number of hydrogen-bond acceptors (Lipinski definition) is 7. The molecule has 1 fully saturated rings. The van der Waals surface area contributed by atoms with Gasteiger partial charge in [0, 0.05) is 0 Å². The van der Waals surface area contributed by atoms with E-state index in [1.807, 2.05) is 0 Å². The molecule has 22 heavy (non-hydrogen) atoms. The minimum atomic E-state index is -2.36. The van der Waals surface area contributed by atoms with Gasteiger partial charge in [0.2, 0.25) is 18.2 Å². The minimum absolute atomic E-state index is 0.103. The number of alkyl halides is 2. The number of anilines is 1. The molecule has 4 unspecified atom stereocenters. The first-order valence-corrected chi connectivity index (χ1v) is 6.65. The fraction of sp³-hybridized carbons (Fsp3) is 0.583. The Morgan fingerprint density at radius 3 is 2.86 bits per heavy atom. The van der Waals surface area contributed by atoms with Crippen LogP contribution in [0.1, 0.15) is 20.1 Å². The molecular weight excluding hydrogens is 300 g/mol. The third-order valence-electron chi connectivity index (χ3n) is 3.51. The van der Waals surface area contributed by atoms with Crippen LogP contribution in [-0.4, -0.2) is 49.4 Å². The normalized spacial score (nSPS) is 31.8. The van der Waals surface area contributed by atoms with Crippen molar-refractivity contribution >= 4 is 17.1 Å². The van der Waals surface area contributed by atoms with Crippen molar-refractivity contribution in [3.63, 3.8) is 0 Å². The summed E-state index contributed by atoms with van der Waals surface area (Å²) in [6.45, 7) is 3.12. The summed E-state index contributed by atoms with van der Waals surface area (Å²) in [5.74, 6) is 0.0354. The number of imidazole rings is 1. The number of aliphatic hydroxyl groups is 1. The highest BCUT2D eigenvalue weighted by molar-refractivity contribution is 5.77. The first kappa shape index (κ1) is 14.9. The molecule has 1 aliphatic rings. The van der Waals surface area contributed by atoms with Crippen LogP contribution in [0.4, 0.5) is 14.7 Å². The van der Waals surface area contributed by atoms with Crippen molar-refractivity contribution in [2.75, 3.05) is 12.3 Å². The number of fused-ring (bicyclic) bond motifs is 1. The van der Waals surface area contributed by atoms with Gasteiger partial charge in [0.05, 0.1) is 12.9 Å². The van der Waals surface area contributed by atoms with Gasteiger partial charge in [-0.25, -0.2) is 13.8 Å². The average molecular weight is 315 g/mol. The predicted molar refractivity (Wildman–Crippen MR) is 71.4 cm³/mol. The first-order chi connectivity index (χ1) is 10.4. The van der Waals surface area contributed by atoms with Gasteiger partial charge in [-0.3, -0.25) is 4.57 Å². The van der Waals surface area contributed by atoms with Gasteiger partial charge in [-0.1, -0.05) is 0 Å². The van der Waals surface area contributed by atoms with Crippen LogP contribution in [0, 0.1) is 0 Å². The van der Waals surface area contributed by atoms with Crippen molar-refractivity contribution in [1.29, 1.82) is 0 Å². The van der Waals surface area contributed by atoms with Crippen LogP contribution in [0.15, 0.2) is 6.33 Å². The Hall–Kier alpha value is -2.07. The summed E-state index contributed by atoms with van der Waals surface area (Å²) >= 11 is 0. The molecule has 2 aromatic rings. The molecule has 0 amide bonds. The number of ether oxygens (including phenoxy) is 2. The van der Waals surface area contributed by atoms with E-state index in [2.05, 4.69) is 15.0 Å². The van der Waals surface area contributed by atoms with Crippen molar-refractivity contribution in [1.82, 2.24) is 19.5 Å². The predicted octanol–water partition coefficient (Wildman–Crippen LogP) is 0.721. The maximum absolute atomic E-state index is 14.6. The van der Waals surface area contributed by atoms with Gasteiger partial charge in [0.1, 0.15) is 6.10 Å². The second-order valence-corrected chi connectivity index (χ2v) is 5.08. The lowest BCUT2D eigenvalue weighted by Gasteiger charge is -2.24. The van der Waals surface area contributed by atoms with Crippen LogP contribution in [0.5, 0.6) is 5.88 Å². The highest BCUT2D eigenvalue weighted by Gasteiger charge is 2.56. The lowest BCUT2D eigenvalue weighted by molar-refractivity contribution is -0.0934. The molecule has 0 aromatic carbocycles. The van der Waals surface area contributed by atoms with Gasteiger partial charge >= 0.3 is 0 Å². The molecule has 3 heterocycles. The zero-order chi connectivity index (χ0) is 16.1. The van der Waals surface area contributed by atoms with Gasteiger partial charge in [-0.2, -0.15) is 9.97 Å². The summed E-state index contributed by atoms with van der Waals surface area (Å²) in [5, 5.41) is 9.57. The van der Waals surface area contributed by atoms with Gasteiger partial charge in [0.15, 0.2) is 23.1 Å². The molecule has 4 atom stereocenters. The number of halogens is 2. The first-order valence-electron chi connectivity index (χ1n) is 6.65. The standard InChI is InChI=1S/C12H15F2N5O3/c1-3-21-9-5-8(17-11(15)18-9)19(4-16-5)10-12(2,14)6(20)7(13)22-10/h4,6-7,10,20H,3H2,1-2H3,(H2,15,17,18). The molecule has 3 N–H and O–H groups in total. The summed E-state index contributed by atoms with van der Waals surface area (Å²) in [5.41, 5.74) is 3.61. The summed E-state index contributed by atoms with van der Waals surface area (Å²) in [6, 6.07) is 0. The highest BCUT2D eigenvalue weighted by Crippen LogP contribution is 2.43. The molecular formula is C12H15F2N5O3. The number of hydrogen-bond donors (Lipinski definition) is 2. The van der Waals surface area contributed by atoms with Crippen LogP contribution in [0.25, 0.3) is 11.2 Å². The summed E-state index contributed by atoms with van der Waals surface area (Å²) in [7, 11) is 0. The van der Waals surface area contributed by atoms with Crippen molar-refractivity contribution in [2.45, 2.75) is 38.2 Å². The van der Waals surface area contributed by atoms with E-state index in [4.69, 9.17) is 15.2 Å². The second-order valence-electron chi connectivity index (χ2n) is 5.08. The monoisotopic (exact) mass is 315 g/mol. The van der Waals surface area contributed by atoms with E-state index in [-0.39, 0.29) is 23.0 Å². The molecule has 1 aliphatic heterocycles. The zero-order valence-electron chi connectivity index (χ0n) is 11.9. The van der Waals surface area contributed by atoms with E-state index >= 15 is 0 Å². The number of nitrogen functional groups attached to an aromatic ring is 1. The molecule has 0 saturated carbocycles. The van der Waals surface area contributed by atoms with Gasteiger partial charge in [-0.15, -0.1) is 0 Å². The second kappa shape index (κ2) is 4.99. The maximum atomic E-state index is 14.6. The quantitative estimate of drug-likeness (QED) is 0.859. The minimum Gasteiger partial charge on any atom is -0.476 e. The van der Waals surface area contributed by atoms with Gasteiger partial charge in [-0.05, 0) is 13.8 Å². The van der Waals surface area contributed by atoms with Crippen LogP contribution in [0.2, 0.25) is 0 Å². The van der Waals surface area contributed by atoms with E-state index in [0.717, 1.165) is 6.92 Å². The van der Waals surface area contributed by atoms with E-state index in [1.165, 1.54) is 10.9 Å². The summed E-state index contributed by atoms with van der Waals surface area (Å²) < 4.78 is 39.4. The molecule has 3 rings (SSSR count). The molecule has 1 saturated heterocycles. The Kier molecular flexibility index (Phi) is 3.37. The SMILES string of the molecule is CCOc1nc(N)nc2c1ncn2C1OC(F)C(O)C1(C)F. The number of aliphatic hydroxyl groups excluding tert-OH is 1. The number of rotatable bonds is 3. The Bertz CT molecular complexity index is 707. The average Bonchev–Trinajstić information content (AvgIpc) is 2.94. The summed E-state index contributed by atoms with van der Waals surface area (Å²) in [4.78, 5) is 11.9. The van der Waals surface area contributed by atoms with Crippen molar-refractivity contribution in [3.8, 4) is 5.88 Å². The van der Waals surface area contributed by atoms with Gasteiger partial charge in [0.25, 0.3) is 0 Å². The third-order valence-corrected chi connectivity index (χ3v) is 3.51. The smallest absolute Gasteiger partial charge is 0.247 e. The van der Waals surface area contributed by atoms with E-state index in [1.54, 1.807) is 6.92 Å². The van der Waals surface area contributed by atoms with Crippen molar-refractivity contribution < 1.29 is 23.4 Å². The number of nitrogens with zero attached hydrogens (tertiary/aromatic N) is 4. The molecule has 0 spiro atoms. The number of nitrogens with two attached hydrogens (primary N) is 1. The maximum Gasteiger partial charge on any atom is 0.247 e. The van der Waals surface area contributed by atoms with Crippen molar-refractivity contribution in [2.24, 2.45) is 0 Å². The molecule has 0 radical (unpaired) electrons. The van der Waals surface area contributed by atoms with Crippen LogP contribution in [-0.2, 0) is 4.74 Å². The van der Waals surface area contributed by atoms with Crippen LogP contribution >= 0.6 is 0 Å². The van der Waals surface area contributed by atoms with Crippen LogP contribution in [0.3, 0.4) is 0 Å². The highest BCUT2D eigenvalue weighted by atomic mass is 19.2.